The highest BCUT2D eigenvalue weighted by atomic mass is 35.5. The van der Waals surface area contributed by atoms with Crippen molar-refractivity contribution in [2.75, 3.05) is 17.2 Å². The van der Waals surface area contributed by atoms with Crippen molar-refractivity contribution in [2.24, 2.45) is 0 Å². The number of rotatable bonds is 12. The van der Waals surface area contributed by atoms with Crippen LogP contribution in [0.1, 0.15) is 33.7 Å². The number of halogens is 2. The van der Waals surface area contributed by atoms with Gasteiger partial charge in [-0.2, -0.15) is 0 Å². The van der Waals surface area contributed by atoms with E-state index in [0.717, 1.165) is 10.5 Å². The summed E-state index contributed by atoms with van der Waals surface area (Å²) in [4.78, 5) is 40.8. The van der Waals surface area contributed by atoms with E-state index in [1.165, 1.54) is 11.8 Å². The number of carbonyl (C=O) groups excluding carboxylic acids is 3. The highest BCUT2D eigenvalue weighted by Crippen LogP contribution is 2.38. The summed E-state index contributed by atoms with van der Waals surface area (Å²) in [6.45, 7) is 2.43. The Kier molecular flexibility index (Phi) is 11.9. The highest BCUT2D eigenvalue weighted by Gasteiger charge is 2.23. The molecule has 3 amide bonds. The Morgan fingerprint density at radius 3 is 2.10 bits per heavy atom. The molecule has 0 heterocycles. The Labute approximate surface area is 293 Å². The molecule has 0 bridgehead atoms. The Morgan fingerprint density at radius 1 is 0.771 bits per heavy atom. The molecular weight excluding hydrogens is 665 g/mol. The van der Waals surface area contributed by atoms with Crippen molar-refractivity contribution in [1.29, 1.82) is 0 Å². The number of benzene rings is 5. The molecule has 5 aromatic rings. The summed E-state index contributed by atoms with van der Waals surface area (Å²) >= 11 is 13.8. The topological polar surface area (TPSA) is 96.5 Å². The van der Waals surface area contributed by atoms with Crippen molar-refractivity contribution < 1.29 is 19.1 Å². The van der Waals surface area contributed by atoms with Crippen LogP contribution in [0.15, 0.2) is 138 Å². The van der Waals surface area contributed by atoms with Gasteiger partial charge in [-0.15, -0.1) is 11.8 Å². The molecule has 0 saturated heterocycles. The van der Waals surface area contributed by atoms with E-state index < -0.39 is 17.1 Å². The van der Waals surface area contributed by atoms with Crippen LogP contribution in [-0.2, 0) is 9.59 Å². The van der Waals surface area contributed by atoms with Gasteiger partial charge in [-0.1, -0.05) is 89.9 Å². The molecule has 1 atom stereocenters. The number of carbonyl (C=O) groups is 3. The van der Waals surface area contributed by atoms with Crippen LogP contribution in [0, 0.1) is 0 Å². The molecule has 0 aliphatic carbocycles. The molecule has 0 aliphatic heterocycles. The first-order valence-electron chi connectivity index (χ1n) is 15.0. The molecule has 0 aromatic heterocycles. The largest absolute Gasteiger partial charge is 0.494 e. The lowest BCUT2D eigenvalue weighted by atomic mass is 10.1. The monoisotopic (exact) mass is 695 g/mol. The second-order valence-corrected chi connectivity index (χ2v) is 12.3. The summed E-state index contributed by atoms with van der Waals surface area (Å²) < 4.78 is 5.52. The lowest BCUT2D eigenvalue weighted by molar-refractivity contribution is -0.116. The molecule has 0 saturated carbocycles. The van der Waals surface area contributed by atoms with Crippen molar-refractivity contribution in [3.05, 3.63) is 160 Å². The predicted octanol–water partition coefficient (Wildman–Crippen LogP) is 9.27. The van der Waals surface area contributed by atoms with Crippen LogP contribution in [0.2, 0.25) is 10.0 Å². The lowest BCUT2D eigenvalue weighted by Gasteiger charge is -2.18. The van der Waals surface area contributed by atoms with Gasteiger partial charge < -0.3 is 20.7 Å². The summed E-state index contributed by atoms with van der Waals surface area (Å²) in [6, 6.07) is 37.4. The molecule has 0 radical (unpaired) electrons. The van der Waals surface area contributed by atoms with E-state index >= 15 is 0 Å². The van der Waals surface area contributed by atoms with E-state index in [1.807, 2.05) is 55.5 Å². The van der Waals surface area contributed by atoms with Crippen LogP contribution < -0.4 is 20.7 Å². The van der Waals surface area contributed by atoms with Crippen molar-refractivity contribution >= 4 is 70.1 Å². The number of thioether (sulfide) groups is 1. The highest BCUT2D eigenvalue weighted by molar-refractivity contribution is 8.00. The molecule has 1 unspecified atom stereocenters. The quantitative estimate of drug-likeness (QED) is 0.0893. The maximum atomic E-state index is 13.5. The van der Waals surface area contributed by atoms with E-state index in [9.17, 15) is 14.4 Å². The smallest absolute Gasteiger partial charge is 0.272 e. The fourth-order valence-corrected chi connectivity index (χ4v) is 5.96. The van der Waals surface area contributed by atoms with Crippen LogP contribution in [0.3, 0.4) is 0 Å². The first-order valence-corrected chi connectivity index (χ1v) is 16.6. The molecule has 0 aliphatic rings. The standard InChI is InChI=1S/C38H31Cl2N3O4S/c1-2-47-29-20-16-25(17-21-29)24-33(43-36(44)27-12-7-4-8-13-27)37(45)41-28-18-22-30(23-19-28)48-35(26-10-5-3-6-11-26)38(46)42-32-15-9-14-31(39)34(32)40/h3-24,35H,2H2,1H3,(H,41,45)(H,42,46)(H,43,44)/b33-24-. The minimum absolute atomic E-state index is 0.0620. The van der Waals surface area contributed by atoms with Crippen LogP contribution in [0.25, 0.3) is 6.08 Å². The van der Waals surface area contributed by atoms with Gasteiger partial charge in [-0.05, 0) is 84.8 Å². The molecule has 242 valence electrons. The SMILES string of the molecule is CCOc1ccc(/C=C(\NC(=O)c2ccccc2)C(=O)Nc2ccc(SC(C(=O)Nc3cccc(Cl)c3Cl)c3ccccc3)cc2)cc1. The number of hydrogen-bond acceptors (Lipinski definition) is 5. The van der Waals surface area contributed by atoms with Gasteiger partial charge >= 0.3 is 0 Å². The summed E-state index contributed by atoms with van der Waals surface area (Å²) in [5, 5.41) is 8.51. The van der Waals surface area contributed by atoms with Gasteiger partial charge in [0, 0.05) is 16.1 Å². The normalized spacial score (nSPS) is 11.7. The van der Waals surface area contributed by atoms with Gasteiger partial charge in [0.1, 0.15) is 16.7 Å². The summed E-state index contributed by atoms with van der Waals surface area (Å²) in [6.07, 6.45) is 1.60. The van der Waals surface area contributed by atoms with Crippen molar-refractivity contribution in [3.8, 4) is 5.75 Å². The van der Waals surface area contributed by atoms with Crippen LogP contribution in [-0.4, -0.2) is 24.3 Å². The maximum absolute atomic E-state index is 13.5. The van der Waals surface area contributed by atoms with Crippen LogP contribution >= 0.6 is 35.0 Å². The van der Waals surface area contributed by atoms with Crippen molar-refractivity contribution in [3.63, 3.8) is 0 Å². The van der Waals surface area contributed by atoms with E-state index in [2.05, 4.69) is 16.0 Å². The molecule has 5 aromatic carbocycles. The van der Waals surface area contributed by atoms with Gasteiger partial charge in [-0.25, -0.2) is 0 Å². The third-order valence-electron chi connectivity index (χ3n) is 6.95. The Hall–Kier alpha value is -5.02. The third-order valence-corrected chi connectivity index (χ3v) is 9.03. The summed E-state index contributed by atoms with van der Waals surface area (Å²) in [5.41, 5.74) is 2.90. The van der Waals surface area contributed by atoms with Gasteiger partial charge in [0.15, 0.2) is 0 Å². The van der Waals surface area contributed by atoms with Crippen molar-refractivity contribution in [2.45, 2.75) is 17.1 Å². The van der Waals surface area contributed by atoms with Crippen LogP contribution in [0.4, 0.5) is 11.4 Å². The number of hydrogen-bond donors (Lipinski definition) is 3. The maximum Gasteiger partial charge on any atom is 0.272 e. The van der Waals surface area contributed by atoms with Crippen LogP contribution in [0.5, 0.6) is 5.75 Å². The van der Waals surface area contributed by atoms with Crippen molar-refractivity contribution in [1.82, 2.24) is 5.32 Å². The zero-order valence-corrected chi connectivity index (χ0v) is 28.1. The van der Waals surface area contributed by atoms with E-state index in [0.29, 0.717) is 39.9 Å². The van der Waals surface area contributed by atoms with E-state index in [4.69, 9.17) is 27.9 Å². The summed E-state index contributed by atoms with van der Waals surface area (Å²) in [7, 11) is 0. The number of anilines is 2. The fraction of sp³-hybridized carbons (Fsp3) is 0.0789. The zero-order valence-electron chi connectivity index (χ0n) is 25.8. The Bertz CT molecular complexity index is 1900. The Balaban J connectivity index is 1.33. The van der Waals surface area contributed by atoms with Gasteiger partial charge in [0.2, 0.25) is 5.91 Å². The van der Waals surface area contributed by atoms with E-state index in [1.54, 1.807) is 84.9 Å². The first-order chi connectivity index (χ1) is 23.3. The lowest BCUT2D eigenvalue weighted by Crippen LogP contribution is -2.30. The fourth-order valence-electron chi connectivity index (χ4n) is 4.59. The minimum atomic E-state index is -0.612. The molecule has 3 N–H and O–H groups in total. The number of ether oxygens (including phenoxy) is 1. The van der Waals surface area contributed by atoms with Gasteiger partial charge in [0.25, 0.3) is 11.8 Å². The van der Waals surface area contributed by atoms with Gasteiger partial charge in [0.05, 0.1) is 22.3 Å². The first kappa shape index (κ1) is 34.3. The molecular formula is C38H31Cl2N3O4S. The number of amides is 3. The molecule has 0 spiro atoms. The Morgan fingerprint density at radius 2 is 1.44 bits per heavy atom. The second-order valence-electron chi connectivity index (χ2n) is 10.4. The van der Waals surface area contributed by atoms with Gasteiger partial charge in [-0.3, -0.25) is 14.4 Å². The predicted molar refractivity (Wildman–Crippen MR) is 195 cm³/mol. The average molecular weight is 697 g/mol. The second kappa shape index (κ2) is 16.7. The number of nitrogens with one attached hydrogen (secondary N) is 3. The molecule has 48 heavy (non-hydrogen) atoms. The summed E-state index contributed by atoms with van der Waals surface area (Å²) in [5.74, 6) is -0.495. The molecule has 5 rings (SSSR count). The zero-order chi connectivity index (χ0) is 33.9. The average Bonchev–Trinajstić information content (AvgIpc) is 3.11. The van der Waals surface area contributed by atoms with E-state index in [-0.39, 0.29) is 16.6 Å². The third kappa shape index (κ3) is 9.29. The minimum Gasteiger partial charge on any atom is -0.494 e. The molecule has 10 heteroatoms. The molecule has 0 fully saturated rings. The molecule has 7 nitrogen and oxygen atoms in total.